The Morgan fingerprint density at radius 3 is 2.25 bits per heavy atom. The number of hydrogen-bond acceptors (Lipinski definition) is 5. The second-order valence-electron chi connectivity index (χ2n) is 2.67. The van der Waals surface area contributed by atoms with Crippen LogP contribution in [0.2, 0.25) is 0 Å². The molecule has 1 heterocycles. The lowest BCUT2D eigenvalue weighted by molar-refractivity contribution is -0.271. The van der Waals surface area contributed by atoms with E-state index in [4.69, 9.17) is 20.4 Å². The van der Waals surface area contributed by atoms with E-state index in [1.165, 1.54) is 0 Å². The Balaban J connectivity index is 2.63. The molecule has 0 spiro atoms. The fourth-order valence-corrected chi connectivity index (χ4v) is 1.06. The first-order valence-electron chi connectivity index (χ1n) is 3.52. The number of ether oxygens (including phenoxy) is 1. The lowest BCUT2D eigenvalue weighted by Gasteiger charge is -2.36. The smallest absolute Gasteiger partial charge is 0.189 e. The number of hydrogen-bond donors (Lipinski definition) is 4. The van der Waals surface area contributed by atoms with Crippen molar-refractivity contribution in [2.75, 3.05) is 6.61 Å². The molecule has 2 unspecified atom stereocenters. The molecule has 1 aliphatic rings. The van der Waals surface area contributed by atoms with E-state index in [-0.39, 0.29) is 0 Å². The van der Waals surface area contributed by atoms with Crippen LogP contribution in [0.5, 0.6) is 0 Å². The van der Waals surface area contributed by atoms with Gasteiger partial charge in [-0.3, -0.25) is 0 Å². The van der Waals surface area contributed by atoms with Crippen LogP contribution in [0, 0.1) is 0 Å². The van der Waals surface area contributed by atoms with E-state index in [2.05, 4.69) is 4.74 Å². The minimum Gasteiger partial charge on any atom is -0.394 e. The molecule has 0 saturated carbocycles. The third kappa shape index (κ3) is 1.57. The van der Waals surface area contributed by atoms with Gasteiger partial charge in [-0.2, -0.15) is 0 Å². The summed E-state index contributed by atoms with van der Waals surface area (Å²) in [5.74, 6) is 0. The van der Waals surface area contributed by atoms with Gasteiger partial charge in [-0.1, -0.05) is 0 Å². The topological polar surface area (TPSA) is 90.2 Å². The first-order valence-corrected chi connectivity index (χ1v) is 3.52. The van der Waals surface area contributed by atoms with Crippen molar-refractivity contribution >= 4 is 0 Å². The van der Waals surface area contributed by atoms with E-state index in [1.54, 1.807) is 0 Å². The largest absolute Gasteiger partial charge is 0.394 e. The van der Waals surface area contributed by atoms with Gasteiger partial charge >= 0.3 is 0 Å². The third-order valence-electron chi connectivity index (χ3n) is 1.82. The monoisotopic (exact) mass is 182 g/mol. The number of halogens is 1. The van der Waals surface area contributed by atoms with E-state index in [0.29, 0.717) is 0 Å². The van der Waals surface area contributed by atoms with Crippen molar-refractivity contribution in [1.29, 1.82) is 0 Å². The molecule has 0 aromatic heterocycles. The molecule has 0 aromatic carbocycles. The summed E-state index contributed by atoms with van der Waals surface area (Å²) in [6.45, 7) is -0.581. The maximum atomic E-state index is 12.7. The zero-order valence-corrected chi connectivity index (χ0v) is 6.17. The van der Waals surface area contributed by atoms with Gasteiger partial charge in [-0.25, -0.2) is 4.39 Å². The SMILES string of the molecule is OCC1O[C@H](O)C(F)[C@@H](O)[C@@H]1O. The molecule has 0 aliphatic carbocycles. The van der Waals surface area contributed by atoms with Gasteiger partial charge in [0.25, 0.3) is 0 Å². The summed E-state index contributed by atoms with van der Waals surface area (Å²) in [6, 6.07) is 0. The van der Waals surface area contributed by atoms with Gasteiger partial charge in [-0.05, 0) is 0 Å². The average Bonchev–Trinajstić information content (AvgIpc) is 2.08. The van der Waals surface area contributed by atoms with Crippen LogP contribution in [-0.2, 0) is 4.74 Å². The molecule has 12 heavy (non-hydrogen) atoms. The highest BCUT2D eigenvalue weighted by atomic mass is 19.1. The van der Waals surface area contributed by atoms with Gasteiger partial charge in [0.15, 0.2) is 12.5 Å². The lowest BCUT2D eigenvalue weighted by atomic mass is 10.0. The Labute approximate surface area is 68.0 Å². The predicted molar refractivity (Wildman–Crippen MR) is 34.9 cm³/mol. The molecule has 1 fully saturated rings. The van der Waals surface area contributed by atoms with Crippen LogP contribution in [0.1, 0.15) is 0 Å². The molecule has 0 bridgehead atoms. The lowest BCUT2D eigenvalue weighted by Crippen LogP contribution is -2.56. The summed E-state index contributed by atoms with van der Waals surface area (Å²) in [5, 5.41) is 35.3. The molecule has 6 heteroatoms. The van der Waals surface area contributed by atoms with Crippen molar-refractivity contribution in [3.63, 3.8) is 0 Å². The molecule has 0 aromatic rings. The van der Waals surface area contributed by atoms with Crippen LogP contribution in [0.15, 0.2) is 0 Å². The molecule has 5 atom stereocenters. The van der Waals surface area contributed by atoms with Crippen molar-refractivity contribution in [2.45, 2.75) is 30.8 Å². The van der Waals surface area contributed by atoms with Gasteiger partial charge in [0, 0.05) is 0 Å². The van der Waals surface area contributed by atoms with E-state index in [0.717, 1.165) is 0 Å². The van der Waals surface area contributed by atoms with Crippen LogP contribution in [0.3, 0.4) is 0 Å². The molecule has 72 valence electrons. The van der Waals surface area contributed by atoms with Gasteiger partial charge in [0.1, 0.15) is 18.3 Å². The molecule has 4 N–H and O–H groups in total. The zero-order chi connectivity index (χ0) is 9.30. The minimum atomic E-state index is -2.04. The molecular formula is C6H11FO5. The van der Waals surface area contributed by atoms with Crippen molar-refractivity contribution < 1.29 is 29.6 Å². The van der Waals surface area contributed by atoms with Gasteiger partial charge in [0.2, 0.25) is 0 Å². The Bertz CT molecular complexity index is 150. The van der Waals surface area contributed by atoms with Gasteiger partial charge < -0.3 is 25.2 Å². The minimum absolute atomic E-state index is 0.581. The Kier molecular flexibility index (Phi) is 2.97. The summed E-state index contributed by atoms with van der Waals surface area (Å²) < 4.78 is 17.1. The average molecular weight is 182 g/mol. The molecule has 0 amide bonds. The summed E-state index contributed by atoms with van der Waals surface area (Å²) in [7, 11) is 0. The van der Waals surface area contributed by atoms with Crippen molar-refractivity contribution in [2.24, 2.45) is 0 Å². The van der Waals surface area contributed by atoms with Crippen LogP contribution in [-0.4, -0.2) is 57.8 Å². The second-order valence-corrected chi connectivity index (χ2v) is 2.67. The van der Waals surface area contributed by atoms with E-state index in [1.807, 2.05) is 0 Å². The quantitative estimate of drug-likeness (QED) is 0.368. The van der Waals surface area contributed by atoms with Crippen LogP contribution in [0.25, 0.3) is 0 Å². The Morgan fingerprint density at radius 1 is 1.17 bits per heavy atom. The molecule has 1 rings (SSSR count). The number of rotatable bonds is 1. The molecule has 0 radical (unpaired) electrons. The second kappa shape index (κ2) is 3.63. The van der Waals surface area contributed by atoms with Crippen molar-refractivity contribution in [3.8, 4) is 0 Å². The van der Waals surface area contributed by atoms with Crippen LogP contribution >= 0.6 is 0 Å². The number of aliphatic hydroxyl groups excluding tert-OH is 4. The van der Waals surface area contributed by atoms with E-state index >= 15 is 0 Å². The van der Waals surface area contributed by atoms with Gasteiger partial charge in [0.05, 0.1) is 6.61 Å². The number of alkyl halides is 1. The summed E-state index contributed by atoms with van der Waals surface area (Å²) >= 11 is 0. The third-order valence-corrected chi connectivity index (χ3v) is 1.82. The molecule has 5 nitrogen and oxygen atoms in total. The standard InChI is InChI=1S/C6H11FO5/c7-3-5(10)4(9)2(1-8)12-6(3)11/h2-6,8-11H,1H2/t2?,3?,4-,5-,6+/m1/s1. The highest BCUT2D eigenvalue weighted by Crippen LogP contribution is 2.21. The number of aliphatic hydroxyl groups is 4. The summed E-state index contributed by atoms with van der Waals surface area (Å²) in [4.78, 5) is 0. The summed E-state index contributed by atoms with van der Waals surface area (Å²) in [5.41, 5.74) is 0. The van der Waals surface area contributed by atoms with Crippen LogP contribution in [0.4, 0.5) is 4.39 Å². The fourth-order valence-electron chi connectivity index (χ4n) is 1.06. The highest BCUT2D eigenvalue weighted by molar-refractivity contribution is 4.88. The predicted octanol–water partition coefficient (Wildman–Crippen LogP) is -2.24. The van der Waals surface area contributed by atoms with E-state index in [9.17, 15) is 4.39 Å². The first kappa shape index (κ1) is 9.82. The van der Waals surface area contributed by atoms with Gasteiger partial charge in [-0.15, -0.1) is 0 Å². The maximum absolute atomic E-state index is 12.7. The Hall–Kier alpha value is -0.270. The van der Waals surface area contributed by atoms with Crippen molar-refractivity contribution in [1.82, 2.24) is 0 Å². The molecular weight excluding hydrogens is 171 g/mol. The molecule has 1 aliphatic heterocycles. The fraction of sp³-hybridized carbons (Fsp3) is 1.00. The molecule has 1 saturated heterocycles. The highest BCUT2D eigenvalue weighted by Gasteiger charge is 2.43. The van der Waals surface area contributed by atoms with E-state index < -0.39 is 37.4 Å². The Morgan fingerprint density at radius 2 is 1.75 bits per heavy atom. The van der Waals surface area contributed by atoms with Crippen molar-refractivity contribution in [3.05, 3.63) is 0 Å². The first-order chi connectivity index (χ1) is 5.57. The normalized spacial score (nSPS) is 49.2. The summed E-state index contributed by atoms with van der Waals surface area (Å²) in [6.07, 6.45) is -8.19. The maximum Gasteiger partial charge on any atom is 0.189 e. The van der Waals surface area contributed by atoms with Crippen LogP contribution < -0.4 is 0 Å². The zero-order valence-electron chi connectivity index (χ0n) is 6.17.